The van der Waals surface area contributed by atoms with Crippen LogP contribution in [0.2, 0.25) is 0 Å². The summed E-state index contributed by atoms with van der Waals surface area (Å²) in [6.07, 6.45) is 2.53. The van der Waals surface area contributed by atoms with Crippen molar-refractivity contribution in [2.24, 2.45) is 0 Å². The molecule has 1 heterocycles. The van der Waals surface area contributed by atoms with Crippen LogP contribution in [-0.4, -0.2) is 31.8 Å². The maximum Gasteiger partial charge on any atom is 0.338 e. The third-order valence-corrected chi connectivity index (χ3v) is 3.68. The van der Waals surface area contributed by atoms with Gasteiger partial charge in [-0.05, 0) is 53.9 Å². The molecule has 1 fully saturated rings. The van der Waals surface area contributed by atoms with E-state index in [9.17, 15) is 4.79 Å². The fraction of sp³-hybridized carbons (Fsp3) is 0.500. The highest BCUT2D eigenvalue weighted by Gasteiger charge is 2.15. The monoisotopic (exact) mass is 327 g/mol. The molecule has 0 amide bonds. The summed E-state index contributed by atoms with van der Waals surface area (Å²) >= 11 is 3.47. The van der Waals surface area contributed by atoms with Crippen molar-refractivity contribution >= 4 is 27.6 Å². The van der Waals surface area contributed by atoms with Gasteiger partial charge in [-0.1, -0.05) is 0 Å². The number of hydrogen-bond acceptors (Lipinski definition) is 4. The Morgan fingerprint density at radius 1 is 1.58 bits per heavy atom. The van der Waals surface area contributed by atoms with Gasteiger partial charge < -0.3 is 14.8 Å². The summed E-state index contributed by atoms with van der Waals surface area (Å²) in [5, 5.41) is 3.33. The molecule has 1 aromatic carbocycles. The maximum atomic E-state index is 11.6. The second kappa shape index (κ2) is 6.91. The quantitative estimate of drug-likeness (QED) is 0.843. The molecule has 1 aliphatic rings. The molecule has 19 heavy (non-hydrogen) atoms. The van der Waals surface area contributed by atoms with E-state index in [4.69, 9.17) is 9.47 Å². The summed E-state index contributed by atoms with van der Waals surface area (Å²) in [5.41, 5.74) is 1.51. The second-order valence-corrected chi connectivity index (χ2v) is 5.29. The predicted octanol–water partition coefficient (Wildman–Crippen LogP) is 3.22. The van der Waals surface area contributed by atoms with Crippen molar-refractivity contribution in [3.8, 4) is 0 Å². The predicted molar refractivity (Wildman–Crippen MR) is 77.6 cm³/mol. The van der Waals surface area contributed by atoms with E-state index in [2.05, 4.69) is 21.2 Å². The van der Waals surface area contributed by atoms with Crippen LogP contribution in [0.5, 0.6) is 0 Å². The van der Waals surface area contributed by atoms with Crippen LogP contribution in [0.1, 0.15) is 30.1 Å². The first-order valence-electron chi connectivity index (χ1n) is 6.53. The van der Waals surface area contributed by atoms with Gasteiger partial charge in [0, 0.05) is 23.3 Å². The minimum atomic E-state index is -0.297. The number of benzene rings is 1. The van der Waals surface area contributed by atoms with Crippen molar-refractivity contribution in [2.45, 2.75) is 25.9 Å². The minimum absolute atomic E-state index is 0.289. The SMILES string of the molecule is CCOC(=O)c1ccc(NCC2CCCO2)c(Br)c1. The van der Waals surface area contributed by atoms with Crippen molar-refractivity contribution in [1.29, 1.82) is 0 Å². The van der Waals surface area contributed by atoms with Crippen molar-refractivity contribution in [1.82, 2.24) is 0 Å². The summed E-state index contributed by atoms with van der Waals surface area (Å²) in [5.74, 6) is -0.297. The summed E-state index contributed by atoms with van der Waals surface area (Å²) in [4.78, 5) is 11.6. The van der Waals surface area contributed by atoms with Crippen molar-refractivity contribution in [3.05, 3.63) is 28.2 Å². The van der Waals surface area contributed by atoms with Gasteiger partial charge in [0.2, 0.25) is 0 Å². The normalized spacial score (nSPS) is 18.3. The van der Waals surface area contributed by atoms with Crippen LogP contribution in [-0.2, 0) is 9.47 Å². The van der Waals surface area contributed by atoms with E-state index < -0.39 is 0 Å². The van der Waals surface area contributed by atoms with Gasteiger partial charge in [0.25, 0.3) is 0 Å². The Morgan fingerprint density at radius 2 is 2.42 bits per heavy atom. The van der Waals surface area contributed by atoms with Gasteiger partial charge in [0.15, 0.2) is 0 Å². The molecule has 0 aromatic heterocycles. The van der Waals surface area contributed by atoms with Crippen LogP contribution >= 0.6 is 15.9 Å². The molecule has 0 bridgehead atoms. The smallest absolute Gasteiger partial charge is 0.338 e. The maximum absolute atomic E-state index is 11.6. The van der Waals surface area contributed by atoms with Gasteiger partial charge in [0.1, 0.15) is 0 Å². The molecule has 5 heteroatoms. The standard InChI is InChI=1S/C14H18BrNO3/c1-2-18-14(17)10-5-6-13(12(15)8-10)16-9-11-4-3-7-19-11/h5-6,8,11,16H,2-4,7,9H2,1H3. The van der Waals surface area contributed by atoms with Crippen LogP contribution in [0.3, 0.4) is 0 Å². The third kappa shape index (κ3) is 3.94. The lowest BCUT2D eigenvalue weighted by molar-refractivity contribution is 0.0526. The molecule has 0 saturated carbocycles. The largest absolute Gasteiger partial charge is 0.462 e. The van der Waals surface area contributed by atoms with E-state index in [0.29, 0.717) is 12.2 Å². The zero-order chi connectivity index (χ0) is 13.7. The fourth-order valence-electron chi connectivity index (χ4n) is 2.03. The van der Waals surface area contributed by atoms with Crippen LogP contribution in [0, 0.1) is 0 Å². The first-order valence-corrected chi connectivity index (χ1v) is 7.32. The first-order chi connectivity index (χ1) is 9.20. The van der Waals surface area contributed by atoms with Gasteiger partial charge in [0.05, 0.1) is 18.3 Å². The summed E-state index contributed by atoms with van der Waals surface area (Å²) in [6.45, 7) is 3.83. The van der Waals surface area contributed by atoms with Crippen molar-refractivity contribution < 1.29 is 14.3 Å². The van der Waals surface area contributed by atoms with E-state index in [0.717, 1.165) is 36.2 Å². The van der Waals surface area contributed by atoms with Crippen LogP contribution in [0.4, 0.5) is 5.69 Å². The highest BCUT2D eigenvalue weighted by Crippen LogP contribution is 2.24. The van der Waals surface area contributed by atoms with E-state index >= 15 is 0 Å². The van der Waals surface area contributed by atoms with Crippen molar-refractivity contribution in [2.75, 3.05) is 25.1 Å². The molecule has 104 valence electrons. The molecule has 1 aromatic rings. The number of nitrogens with one attached hydrogen (secondary N) is 1. The molecule has 1 saturated heterocycles. The highest BCUT2D eigenvalue weighted by atomic mass is 79.9. The molecule has 1 unspecified atom stereocenters. The van der Waals surface area contributed by atoms with Crippen LogP contribution < -0.4 is 5.32 Å². The average molecular weight is 328 g/mol. The zero-order valence-electron chi connectivity index (χ0n) is 10.9. The number of esters is 1. The van der Waals surface area contributed by atoms with Crippen LogP contribution in [0.15, 0.2) is 22.7 Å². The van der Waals surface area contributed by atoms with E-state index in [1.807, 2.05) is 6.07 Å². The Kier molecular flexibility index (Phi) is 5.22. The topological polar surface area (TPSA) is 47.6 Å². The number of carbonyl (C=O) groups excluding carboxylic acids is 1. The van der Waals surface area contributed by atoms with E-state index in [1.165, 1.54) is 0 Å². The Labute approximate surface area is 121 Å². The molecular formula is C14H18BrNO3. The number of halogens is 1. The lowest BCUT2D eigenvalue weighted by Gasteiger charge is -2.13. The molecule has 0 radical (unpaired) electrons. The van der Waals surface area contributed by atoms with Gasteiger partial charge in [-0.15, -0.1) is 0 Å². The number of rotatable bonds is 5. The summed E-state index contributed by atoms with van der Waals surface area (Å²) in [6, 6.07) is 5.42. The molecule has 1 N–H and O–H groups in total. The fourth-order valence-corrected chi connectivity index (χ4v) is 2.55. The molecular weight excluding hydrogens is 310 g/mol. The van der Waals surface area contributed by atoms with E-state index in [1.54, 1.807) is 19.1 Å². The molecule has 1 atom stereocenters. The van der Waals surface area contributed by atoms with Gasteiger partial charge >= 0.3 is 5.97 Å². The minimum Gasteiger partial charge on any atom is -0.462 e. The summed E-state index contributed by atoms with van der Waals surface area (Å²) < 4.78 is 11.4. The van der Waals surface area contributed by atoms with Gasteiger partial charge in [-0.25, -0.2) is 4.79 Å². The van der Waals surface area contributed by atoms with E-state index in [-0.39, 0.29) is 12.1 Å². The molecule has 0 spiro atoms. The van der Waals surface area contributed by atoms with Crippen LogP contribution in [0.25, 0.3) is 0 Å². The summed E-state index contributed by atoms with van der Waals surface area (Å²) in [7, 11) is 0. The molecule has 1 aliphatic heterocycles. The number of anilines is 1. The lowest BCUT2D eigenvalue weighted by Crippen LogP contribution is -2.18. The highest BCUT2D eigenvalue weighted by molar-refractivity contribution is 9.10. The number of ether oxygens (including phenoxy) is 2. The zero-order valence-corrected chi connectivity index (χ0v) is 12.5. The Hall–Kier alpha value is -1.07. The number of hydrogen-bond donors (Lipinski definition) is 1. The first kappa shape index (κ1) is 14.3. The molecule has 4 nitrogen and oxygen atoms in total. The third-order valence-electron chi connectivity index (χ3n) is 3.02. The number of carbonyl (C=O) groups is 1. The Morgan fingerprint density at radius 3 is 3.05 bits per heavy atom. The second-order valence-electron chi connectivity index (χ2n) is 4.43. The Bertz CT molecular complexity index is 444. The Balaban J connectivity index is 1.96. The average Bonchev–Trinajstić information content (AvgIpc) is 2.90. The van der Waals surface area contributed by atoms with Gasteiger partial charge in [-0.2, -0.15) is 0 Å². The van der Waals surface area contributed by atoms with Gasteiger partial charge in [-0.3, -0.25) is 0 Å². The molecule has 0 aliphatic carbocycles. The van der Waals surface area contributed by atoms with Crippen molar-refractivity contribution in [3.63, 3.8) is 0 Å². The molecule has 2 rings (SSSR count). The lowest BCUT2D eigenvalue weighted by atomic mass is 10.2.